The SMILES string of the molecule is Cc1cc(C)cc(NCc2ccc(SC(F)(F)F)cc2)c1. The summed E-state index contributed by atoms with van der Waals surface area (Å²) in [5.74, 6) is 0. The maximum atomic E-state index is 12.2. The number of anilines is 1. The summed E-state index contributed by atoms with van der Waals surface area (Å²) in [5, 5.41) is 3.28. The van der Waals surface area contributed by atoms with Gasteiger partial charge in [0.2, 0.25) is 0 Å². The summed E-state index contributed by atoms with van der Waals surface area (Å²) < 4.78 is 36.7. The van der Waals surface area contributed by atoms with Crippen molar-refractivity contribution in [1.82, 2.24) is 0 Å². The fourth-order valence-corrected chi connectivity index (χ4v) is 2.63. The highest BCUT2D eigenvalue weighted by Gasteiger charge is 2.28. The average Bonchev–Trinajstić information content (AvgIpc) is 2.35. The number of halogens is 3. The molecule has 112 valence electrons. The van der Waals surface area contributed by atoms with E-state index >= 15 is 0 Å². The van der Waals surface area contributed by atoms with Crippen molar-refractivity contribution in [2.24, 2.45) is 0 Å². The van der Waals surface area contributed by atoms with Crippen molar-refractivity contribution in [3.8, 4) is 0 Å². The summed E-state index contributed by atoms with van der Waals surface area (Å²) in [6.45, 7) is 4.64. The topological polar surface area (TPSA) is 12.0 Å². The Bertz CT molecular complexity index is 586. The Labute approximate surface area is 126 Å². The molecule has 2 aromatic carbocycles. The van der Waals surface area contributed by atoms with Gasteiger partial charge in [0.1, 0.15) is 0 Å². The van der Waals surface area contributed by atoms with Crippen LogP contribution in [0.4, 0.5) is 18.9 Å². The number of hydrogen-bond donors (Lipinski definition) is 1. The van der Waals surface area contributed by atoms with Gasteiger partial charge in [0.25, 0.3) is 0 Å². The van der Waals surface area contributed by atoms with Crippen LogP contribution in [0.3, 0.4) is 0 Å². The number of nitrogens with one attached hydrogen (secondary N) is 1. The van der Waals surface area contributed by atoms with Crippen LogP contribution in [0.2, 0.25) is 0 Å². The van der Waals surface area contributed by atoms with Crippen LogP contribution in [0.15, 0.2) is 47.4 Å². The van der Waals surface area contributed by atoms with E-state index in [0.29, 0.717) is 6.54 Å². The molecule has 0 amide bonds. The first-order chi connectivity index (χ1) is 9.82. The van der Waals surface area contributed by atoms with E-state index in [2.05, 4.69) is 11.4 Å². The number of aryl methyl sites for hydroxylation is 2. The molecule has 0 bridgehead atoms. The summed E-state index contributed by atoms with van der Waals surface area (Å²) in [7, 11) is 0. The Morgan fingerprint density at radius 3 is 2.05 bits per heavy atom. The van der Waals surface area contributed by atoms with Crippen LogP contribution in [0.1, 0.15) is 16.7 Å². The molecule has 1 nitrogen and oxygen atoms in total. The number of hydrogen-bond acceptors (Lipinski definition) is 2. The number of rotatable bonds is 4. The molecular weight excluding hydrogens is 295 g/mol. The zero-order chi connectivity index (χ0) is 15.5. The van der Waals surface area contributed by atoms with Crippen molar-refractivity contribution < 1.29 is 13.2 Å². The van der Waals surface area contributed by atoms with E-state index in [0.717, 1.165) is 11.3 Å². The molecule has 0 aromatic heterocycles. The molecule has 0 saturated heterocycles. The predicted octanol–water partition coefficient (Wildman–Crippen LogP) is 5.53. The lowest BCUT2D eigenvalue weighted by atomic mass is 10.1. The van der Waals surface area contributed by atoms with Gasteiger partial charge in [-0.05, 0) is 66.6 Å². The Hall–Kier alpha value is -1.62. The summed E-state index contributed by atoms with van der Waals surface area (Å²) in [6, 6.07) is 12.6. The zero-order valence-corrected chi connectivity index (χ0v) is 12.6. The van der Waals surface area contributed by atoms with Crippen LogP contribution in [-0.4, -0.2) is 5.51 Å². The quantitative estimate of drug-likeness (QED) is 0.745. The molecular formula is C16H16F3NS. The van der Waals surface area contributed by atoms with Crippen molar-refractivity contribution >= 4 is 17.4 Å². The lowest BCUT2D eigenvalue weighted by Gasteiger charge is -2.10. The molecule has 0 fully saturated rings. The van der Waals surface area contributed by atoms with E-state index in [1.807, 2.05) is 26.0 Å². The van der Waals surface area contributed by atoms with Gasteiger partial charge in [0.15, 0.2) is 0 Å². The van der Waals surface area contributed by atoms with Crippen molar-refractivity contribution in [2.75, 3.05) is 5.32 Å². The fourth-order valence-electron chi connectivity index (χ4n) is 2.09. The second-order valence-corrected chi connectivity index (χ2v) is 6.06. The zero-order valence-electron chi connectivity index (χ0n) is 11.8. The van der Waals surface area contributed by atoms with E-state index in [-0.39, 0.29) is 16.7 Å². The molecule has 0 atom stereocenters. The van der Waals surface area contributed by atoms with Crippen molar-refractivity contribution in [3.63, 3.8) is 0 Å². The summed E-state index contributed by atoms with van der Waals surface area (Å²) in [6.07, 6.45) is 0. The van der Waals surface area contributed by atoms with Crippen molar-refractivity contribution in [2.45, 2.75) is 30.8 Å². The fraction of sp³-hybridized carbons (Fsp3) is 0.250. The van der Waals surface area contributed by atoms with Gasteiger partial charge >= 0.3 is 5.51 Å². The first kappa shape index (κ1) is 15.8. The summed E-state index contributed by atoms with van der Waals surface area (Å²) in [5.41, 5.74) is 0.0737. The third kappa shape index (κ3) is 5.34. The molecule has 0 radical (unpaired) electrons. The normalized spacial score (nSPS) is 11.5. The third-order valence-electron chi connectivity index (χ3n) is 2.88. The Balaban J connectivity index is 1.97. The predicted molar refractivity (Wildman–Crippen MR) is 81.6 cm³/mol. The smallest absolute Gasteiger partial charge is 0.381 e. The highest BCUT2D eigenvalue weighted by Crippen LogP contribution is 2.36. The minimum absolute atomic E-state index is 0.0926. The number of alkyl halides is 3. The second-order valence-electron chi connectivity index (χ2n) is 4.92. The van der Waals surface area contributed by atoms with Crippen molar-refractivity contribution in [1.29, 1.82) is 0 Å². The molecule has 0 aliphatic heterocycles. The van der Waals surface area contributed by atoms with Gasteiger partial charge in [-0.1, -0.05) is 18.2 Å². The van der Waals surface area contributed by atoms with Crippen LogP contribution in [-0.2, 0) is 6.54 Å². The molecule has 2 aromatic rings. The maximum Gasteiger partial charge on any atom is 0.446 e. The van der Waals surface area contributed by atoms with Crippen LogP contribution in [0.25, 0.3) is 0 Å². The van der Waals surface area contributed by atoms with Crippen LogP contribution < -0.4 is 5.32 Å². The van der Waals surface area contributed by atoms with E-state index < -0.39 is 5.51 Å². The minimum Gasteiger partial charge on any atom is -0.381 e. The number of benzene rings is 2. The molecule has 1 N–H and O–H groups in total. The maximum absolute atomic E-state index is 12.2. The Morgan fingerprint density at radius 1 is 0.952 bits per heavy atom. The third-order valence-corrected chi connectivity index (χ3v) is 3.61. The van der Waals surface area contributed by atoms with Gasteiger partial charge < -0.3 is 5.32 Å². The lowest BCUT2D eigenvalue weighted by Crippen LogP contribution is -2.01. The first-order valence-corrected chi connectivity index (χ1v) is 7.30. The molecule has 21 heavy (non-hydrogen) atoms. The van der Waals surface area contributed by atoms with E-state index in [9.17, 15) is 13.2 Å². The highest BCUT2D eigenvalue weighted by molar-refractivity contribution is 8.00. The molecule has 0 aliphatic rings. The molecule has 2 rings (SSSR count). The molecule has 0 spiro atoms. The summed E-state index contributed by atoms with van der Waals surface area (Å²) >= 11 is -0.0926. The largest absolute Gasteiger partial charge is 0.446 e. The van der Waals surface area contributed by atoms with Crippen LogP contribution >= 0.6 is 11.8 Å². The molecule has 0 heterocycles. The van der Waals surface area contributed by atoms with E-state index in [4.69, 9.17) is 0 Å². The van der Waals surface area contributed by atoms with Gasteiger partial charge in [0.05, 0.1) is 0 Å². The highest BCUT2D eigenvalue weighted by atomic mass is 32.2. The standard InChI is InChI=1S/C16H16F3NS/c1-11-7-12(2)9-14(8-11)20-10-13-3-5-15(6-4-13)21-16(17,18)19/h3-9,20H,10H2,1-2H3. The van der Waals surface area contributed by atoms with Gasteiger partial charge in [-0.25, -0.2) is 0 Å². The van der Waals surface area contributed by atoms with Gasteiger partial charge in [-0.2, -0.15) is 13.2 Å². The molecule has 5 heteroatoms. The van der Waals surface area contributed by atoms with Crippen molar-refractivity contribution in [3.05, 3.63) is 59.2 Å². The minimum atomic E-state index is -4.24. The van der Waals surface area contributed by atoms with Crippen LogP contribution in [0, 0.1) is 13.8 Å². The molecule has 0 unspecified atom stereocenters. The van der Waals surface area contributed by atoms with E-state index in [1.54, 1.807) is 12.1 Å². The second kappa shape index (κ2) is 6.43. The molecule has 0 aliphatic carbocycles. The molecule has 0 saturated carbocycles. The summed E-state index contributed by atoms with van der Waals surface area (Å²) in [4.78, 5) is 0.206. The van der Waals surface area contributed by atoms with E-state index in [1.165, 1.54) is 23.3 Å². The Morgan fingerprint density at radius 2 is 1.52 bits per heavy atom. The van der Waals surface area contributed by atoms with Gasteiger partial charge in [0, 0.05) is 17.1 Å². The van der Waals surface area contributed by atoms with Crippen LogP contribution in [0.5, 0.6) is 0 Å². The number of thioether (sulfide) groups is 1. The van der Waals surface area contributed by atoms with Gasteiger partial charge in [-0.15, -0.1) is 0 Å². The lowest BCUT2D eigenvalue weighted by molar-refractivity contribution is -0.0328. The Kier molecular flexibility index (Phi) is 4.83. The average molecular weight is 311 g/mol. The van der Waals surface area contributed by atoms with Gasteiger partial charge in [-0.3, -0.25) is 0 Å². The monoisotopic (exact) mass is 311 g/mol. The first-order valence-electron chi connectivity index (χ1n) is 6.49.